The highest BCUT2D eigenvalue weighted by Crippen LogP contribution is 2.09. The van der Waals surface area contributed by atoms with Crippen molar-refractivity contribution in [1.29, 1.82) is 0 Å². The van der Waals surface area contributed by atoms with Crippen molar-refractivity contribution >= 4 is 0 Å². The highest BCUT2D eigenvalue weighted by Gasteiger charge is 2.15. The molecule has 0 radical (unpaired) electrons. The number of nitrogens with two attached hydrogens (primary N) is 1. The monoisotopic (exact) mass is 171 g/mol. The van der Waals surface area contributed by atoms with Crippen LogP contribution in [-0.4, -0.2) is 31.9 Å². The summed E-state index contributed by atoms with van der Waals surface area (Å²) in [5.74, 6) is 0.521. The van der Waals surface area contributed by atoms with E-state index < -0.39 is 6.04 Å². The summed E-state index contributed by atoms with van der Waals surface area (Å²) in [5, 5.41) is 19.7. The molecule has 1 rings (SSSR count). The molecule has 0 aliphatic heterocycles. The van der Waals surface area contributed by atoms with Gasteiger partial charge in [-0.3, -0.25) is 0 Å². The third-order valence-electron chi connectivity index (χ3n) is 1.54. The third-order valence-corrected chi connectivity index (χ3v) is 1.54. The zero-order valence-corrected chi connectivity index (χ0v) is 7.18. The van der Waals surface area contributed by atoms with Gasteiger partial charge in [-0.05, 0) is 24.3 Å². The standard InChI is InChI=1S/C6H13N5O/c1-4(2)11-6(5(7)3-12)8-9-10-11/h4-5,12H,3,7H2,1-2H3. The van der Waals surface area contributed by atoms with Gasteiger partial charge < -0.3 is 10.8 Å². The van der Waals surface area contributed by atoms with E-state index in [1.54, 1.807) is 4.68 Å². The number of hydrogen-bond acceptors (Lipinski definition) is 5. The minimum atomic E-state index is -0.498. The van der Waals surface area contributed by atoms with Gasteiger partial charge in [0.1, 0.15) is 0 Å². The summed E-state index contributed by atoms with van der Waals surface area (Å²) in [5.41, 5.74) is 5.56. The first-order valence-electron chi connectivity index (χ1n) is 3.81. The molecule has 0 saturated carbocycles. The van der Waals surface area contributed by atoms with E-state index in [-0.39, 0.29) is 12.6 Å². The van der Waals surface area contributed by atoms with Crippen LogP contribution >= 0.6 is 0 Å². The number of hydrogen-bond donors (Lipinski definition) is 2. The predicted molar refractivity (Wildman–Crippen MR) is 42.2 cm³/mol. The van der Waals surface area contributed by atoms with Crippen LogP contribution < -0.4 is 5.73 Å². The quantitative estimate of drug-likeness (QED) is 0.624. The fourth-order valence-corrected chi connectivity index (χ4v) is 0.894. The van der Waals surface area contributed by atoms with E-state index in [0.29, 0.717) is 5.82 Å². The van der Waals surface area contributed by atoms with Gasteiger partial charge in [-0.25, -0.2) is 4.68 Å². The lowest BCUT2D eigenvalue weighted by molar-refractivity contribution is 0.257. The normalized spacial score (nSPS) is 13.8. The SMILES string of the molecule is CC(C)n1nnnc1C(N)CO. The summed E-state index contributed by atoms with van der Waals surface area (Å²) in [7, 11) is 0. The summed E-state index contributed by atoms with van der Waals surface area (Å²) in [4.78, 5) is 0. The first-order valence-corrected chi connectivity index (χ1v) is 3.81. The van der Waals surface area contributed by atoms with Crippen LogP contribution in [0.25, 0.3) is 0 Å². The first-order chi connectivity index (χ1) is 5.66. The van der Waals surface area contributed by atoms with E-state index in [4.69, 9.17) is 10.8 Å². The van der Waals surface area contributed by atoms with Gasteiger partial charge in [-0.2, -0.15) is 0 Å². The Bertz CT molecular complexity index is 246. The molecule has 0 aromatic carbocycles. The molecule has 0 fully saturated rings. The summed E-state index contributed by atoms with van der Waals surface area (Å²) >= 11 is 0. The Labute approximate surface area is 70.4 Å². The van der Waals surface area contributed by atoms with Gasteiger partial charge in [0, 0.05) is 0 Å². The second-order valence-corrected chi connectivity index (χ2v) is 2.86. The lowest BCUT2D eigenvalue weighted by Crippen LogP contribution is -2.21. The van der Waals surface area contributed by atoms with Crippen LogP contribution in [0.4, 0.5) is 0 Å². The number of nitrogens with zero attached hydrogens (tertiary/aromatic N) is 4. The Morgan fingerprint density at radius 1 is 1.58 bits per heavy atom. The average Bonchev–Trinajstić information content (AvgIpc) is 2.50. The largest absolute Gasteiger partial charge is 0.394 e. The van der Waals surface area contributed by atoms with Crippen molar-refractivity contribution in [3.8, 4) is 0 Å². The summed E-state index contributed by atoms with van der Waals surface area (Å²) < 4.78 is 1.60. The van der Waals surface area contributed by atoms with Crippen molar-refractivity contribution in [2.24, 2.45) is 5.73 Å². The molecule has 1 aromatic heterocycles. The maximum atomic E-state index is 8.78. The Morgan fingerprint density at radius 2 is 2.25 bits per heavy atom. The van der Waals surface area contributed by atoms with E-state index in [9.17, 15) is 0 Å². The molecule has 68 valence electrons. The molecule has 0 spiro atoms. The average molecular weight is 171 g/mol. The molecule has 1 atom stereocenters. The van der Waals surface area contributed by atoms with Crippen LogP contribution in [0.3, 0.4) is 0 Å². The van der Waals surface area contributed by atoms with E-state index in [1.165, 1.54) is 0 Å². The lowest BCUT2D eigenvalue weighted by Gasteiger charge is -2.10. The van der Waals surface area contributed by atoms with Crippen LogP contribution in [0.2, 0.25) is 0 Å². The summed E-state index contributed by atoms with van der Waals surface area (Å²) in [6.07, 6.45) is 0. The molecule has 0 aliphatic carbocycles. The van der Waals surface area contributed by atoms with Gasteiger partial charge in [-0.1, -0.05) is 0 Å². The molecule has 6 heteroatoms. The molecule has 0 aliphatic rings. The number of rotatable bonds is 3. The predicted octanol–water partition coefficient (Wildman–Crippen LogP) is -0.754. The molecule has 6 nitrogen and oxygen atoms in total. The van der Waals surface area contributed by atoms with E-state index >= 15 is 0 Å². The maximum Gasteiger partial charge on any atom is 0.170 e. The van der Waals surface area contributed by atoms with Crippen molar-refractivity contribution in [3.05, 3.63) is 5.82 Å². The maximum absolute atomic E-state index is 8.78. The second-order valence-electron chi connectivity index (χ2n) is 2.86. The highest BCUT2D eigenvalue weighted by molar-refractivity contribution is 4.90. The number of aromatic nitrogens is 4. The fourth-order valence-electron chi connectivity index (χ4n) is 0.894. The fraction of sp³-hybridized carbons (Fsp3) is 0.833. The zero-order chi connectivity index (χ0) is 9.14. The van der Waals surface area contributed by atoms with E-state index in [1.807, 2.05) is 13.8 Å². The van der Waals surface area contributed by atoms with Crippen molar-refractivity contribution in [2.75, 3.05) is 6.61 Å². The first kappa shape index (κ1) is 9.08. The van der Waals surface area contributed by atoms with E-state index in [0.717, 1.165) is 0 Å². The number of aliphatic hydroxyl groups is 1. The van der Waals surface area contributed by atoms with Crippen molar-refractivity contribution in [3.63, 3.8) is 0 Å². The molecular weight excluding hydrogens is 158 g/mol. The zero-order valence-electron chi connectivity index (χ0n) is 7.18. The van der Waals surface area contributed by atoms with Crippen LogP contribution in [0.1, 0.15) is 31.8 Å². The molecule has 12 heavy (non-hydrogen) atoms. The molecule has 0 bridgehead atoms. The molecule has 0 saturated heterocycles. The van der Waals surface area contributed by atoms with Crippen LogP contribution in [0.5, 0.6) is 0 Å². The topological polar surface area (TPSA) is 89.9 Å². The van der Waals surface area contributed by atoms with E-state index in [2.05, 4.69) is 15.5 Å². The molecule has 0 amide bonds. The molecule has 1 aromatic rings. The highest BCUT2D eigenvalue weighted by atomic mass is 16.3. The molecule has 1 unspecified atom stereocenters. The van der Waals surface area contributed by atoms with Crippen molar-refractivity contribution < 1.29 is 5.11 Å². The number of tetrazole rings is 1. The van der Waals surface area contributed by atoms with Crippen molar-refractivity contribution in [2.45, 2.75) is 25.9 Å². The van der Waals surface area contributed by atoms with Crippen LogP contribution in [-0.2, 0) is 0 Å². The second kappa shape index (κ2) is 3.59. The van der Waals surface area contributed by atoms with Gasteiger partial charge in [0.25, 0.3) is 0 Å². The minimum absolute atomic E-state index is 0.146. The van der Waals surface area contributed by atoms with Crippen LogP contribution in [0.15, 0.2) is 0 Å². The van der Waals surface area contributed by atoms with Crippen molar-refractivity contribution in [1.82, 2.24) is 20.2 Å². The smallest absolute Gasteiger partial charge is 0.170 e. The summed E-state index contributed by atoms with van der Waals surface area (Å²) in [6, 6.07) is -0.338. The van der Waals surface area contributed by atoms with Crippen LogP contribution in [0, 0.1) is 0 Å². The third kappa shape index (κ3) is 1.59. The number of aliphatic hydroxyl groups excluding tert-OH is 1. The van der Waals surface area contributed by atoms with Gasteiger partial charge >= 0.3 is 0 Å². The molecular formula is C6H13N5O. The molecule has 1 heterocycles. The van der Waals surface area contributed by atoms with Gasteiger partial charge in [0.15, 0.2) is 5.82 Å². The van der Waals surface area contributed by atoms with Gasteiger partial charge in [-0.15, -0.1) is 5.10 Å². The minimum Gasteiger partial charge on any atom is -0.394 e. The Balaban J connectivity index is 2.91. The summed E-state index contributed by atoms with van der Waals surface area (Å²) in [6.45, 7) is 3.75. The van der Waals surface area contributed by atoms with Gasteiger partial charge in [0.05, 0.1) is 18.7 Å². The lowest BCUT2D eigenvalue weighted by atomic mass is 10.3. The molecule has 3 N–H and O–H groups in total. The Morgan fingerprint density at radius 3 is 2.75 bits per heavy atom. The Kier molecular flexibility index (Phi) is 2.72. The Hall–Kier alpha value is -1.01. The van der Waals surface area contributed by atoms with Gasteiger partial charge in [0.2, 0.25) is 0 Å².